The van der Waals surface area contributed by atoms with Gasteiger partial charge in [-0.15, -0.1) is 0 Å². The molecule has 1 saturated heterocycles. The standard InChI is InChI=1S/C27H38N2O3/c1-20(2)19-32-23-15-13-21(14-16-23)24-25(28-17-9-6-10-18-28)27(31)29(26(24)30)22-11-7-4-3-5-8-12-22/h13-16,20,22H,3-12,17-19H2,1-2H3. The van der Waals surface area contributed by atoms with Crippen LogP contribution in [-0.4, -0.2) is 47.4 Å². The summed E-state index contributed by atoms with van der Waals surface area (Å²) in [4.78, 5) is 31.3. The molecule has 2 heterocycles. The second-order valence-corrected chi connectivity index (χ2v) is 9.98. The molecule has 0 spiro atoms. The number of hydrogen-bond acceptors (Lipinski definition) is 4. The lowest BCUT2D eigenvalue weighted by atomic mass is 9.95. The smallest absolute Gasteiger partial charge is 0.278 e. The zero-order valence-electron chi connectivity index (χ0n) is 19.8. The molecule has 1 aliphatic carbocycles. The first-order valence-electron chi connectivity index (χ1n) is 12.7. The van der Waals surface area contributed by atoms with E-state index >= 15 is 0 Å². The van der Waals surface area contributed by atoms with Gasteiger partial charge in [-0.25, -0.2) is 0 Å². The highest BCUT2D eigenvalue weighted by Crippen LogP contribution is 2.37. The second kappa shape index (κ2) is 10.5. The molecule has 0 aromatic heterocycles. The van der Waals surface area contributed by atoms with E-state index in [0.29, 0.717) is 23.8 Å². The fraction of sp³-hybridized carbons (Fsp3) is 0.630. The van der Waals surface area contributed by atoms with Crippen LogP contribution in [0.25, 0.3) is 5.57 Å². The van der Waals surface area contributed by atoms with Gasteiger partial charge in [0.15, 0.2) is 0 Å². The van der Waals surface area contributed by atoms with Crippen molar-refractivity contribution >= 4 is 17.4 Å². The molecule has 4 rings (SSSR count). The first-order valence-corrected chi connectivity index (χ1v) is 12.7. The van der Waals surface area contributed by atoms with E-state index in [4.69, 9.17) is 4.74 Å². The van der Waals surface area contributed by atoms with Crippen molar-refractivity contribution in [3.8, 4) is 5.75 Å². The molecule has 2 aliphatic heterocycles. The number of nitrogens with zero attached hydrogens (tertiary/aromatic N) is 2. The van der Waals surface area contributed by atoms with E-state index in [1.807, 2.05) is 24.3 Å². The number of likely N-dealkylation sites (tertiary alicyclic amines) is 1. The SMILES string of the molecule is CC(C)COc1ccc(C2=C(N3CCCCC3)C(=O)N(C3CCCCCCC3)C2=O)cc1. The third-order valence-electron chi connectivity index (χ3n) is 6.93. The Bertz CT molecular complexity index is 829. The molecule has 2 amide bonds. The molecular weight excluding hydrogens is 400 g/mol. The van der Waals surface area contributed by atoms with Gasteiger partial charge in [-0.05, 0) is 55.7 Å². The maximum absolute atomic E-state index is 13.8. The van der Waals surface area contributed by atoms with E-state index in [1.54, 1.807) is 4.90 Å². The van der Waals surface area contributed by atoms with E-state index in [2.05, 4.69) is 18.7 Å². The number of benzene rings is 1. The van der Waals surface area contributed by atoms with Crippen LogP contribution in [0.3, 0.4) is 0 Å². The molecule has 0 atom stereocenters. The second-order valence-electron chi connectivity index (χ2n) is 9.98. The van der Waals surface area contributed by atoms with Crippen molar-refractivity contribution in [3.63, 3.8) is 0 Å². The molecule has 1 saturated carbocycles. The largest absolute Gasteiger partial charge is 0.493 e. The van der Waals surface area contributed by atoms with Crippen molar-refractivity contribution < 1.29 is 14.3 Å². The van der Waals surface area contributed by atoms with E-state index in [9.17, 15) is 9.59 Å². The summed E-state index contributed by atoms with van der Waals surface area (Å²) in [6.07, 6.45) is 11.1. The maximum atomic E-state index is 13.8. The van der Waals surface area contributed by atoms with Gasteiger partial charge in [-0.3, -0.25) is 14.5 Å². The van der Waals surface area contributed by atoms with Crippen LogP contribution in [0, 0.1) is 5.92 Å². The van der Waals surface area contributed by atoms with E-state index in [0.717, 1.165) is 62.9 Å². The van der Waals surface area contributed by atoms with Crippen LogP contribution in [0.15, 0.2) is 30.0 Å². The summed E-state index contributed by atoms with van der Waals surface area (Å²) < 4.78 is 5.83. The third-order valence-corrected chi connectivity index (χ3v) is 6.93. The van der Waals surface area contributed by atoms with E-state index in [-0.39, 0.29) is 17.9 Å². The summed E-state index contributed by atoms with van der Waals surface area (Å²) in [6.45, 7) is 6.61. The number of imide groups is 1. The minimum atomic E-state index is -0.100. The fourth-order valence-corrected chi connectivity index (χ4v) is 5.21. The number of rotatable bonds is 6. The van der Waals surface area contributed by atoms with Gasteiger partial charge in [-0.1, -0.05) is 58.1 Å². The van der Waals surface area contributed by atoms with Crippen molar-refractivity contribution in [2.24, 2.45) is 5.92 Å². The Hall–Kier alpha value is -2.30. The van der Waals surface area contributed by atoms with Gasteiger partial charge in [0.05, 0.1) is 12.2 Å². The molecule has 32 heavy (non-hydrogen) atoms. The highest BCUT2D eigenvalue weighted by atomic mass is 16.5. The molecule has 1 aromatic carbocycles. The molecule has 0 unspecified atom stereocenters. The Morgan fingerprint density at radius 3 is 2.06 bits per heavy atom. The third kappa shape index (κ3) is 5.02. The summed E-state index contributed by atoms with van der Waals surface area (Å²) in [5.74, 6) is 1.08. The molecule has 5 nitrogen and oxygen atoms in total. The van der Waals surface area contributed by atoms with Gasteiger partial charge in [0.1, 0.15) is 11.4 Å². The Kier molecular flexibility index (Phi) is 7.54. The summed E-state index contributed by atoms with van der Waals surface area (Å²) >= 11 is 0. The maximum Gasteiger partial charge on any atom is 0.278 e. The lowest BCUT2D eigenvalue weighted by Crippen LogP contribution is -2.43. The first kappa shape index (κ1) is 22.9. The molecule has 0 bridgehead atoms. The Balaban J connectivity index is 1.64. The Morgan fingerprint density at radius 1 is 0.844 bits per heavy atom. The molecule has 5 heteroatoms. The molecule has 0 radical (unpaired) electrons. The van der Waals surface area contributed by atoms with Gasteiger partial charge in [0.2, 0.25) is 0 Å². The van der Waals surface area contributed by atoms with Gasteiger partial charge in [0, 0.05) is 19.1 Å². The lowest BCUT2D eigenvalue weighted by molar-refractivity contribution is -0.140. The quantitative estimate of drug-likeness (QED) is 0.558. The normalized spacial score (nSPS) is 21.3. The molecule has 0 N–H and O–H groups in total. The predicted molar refractivity (Wildman–Crippen MR) is 127 cm³/mol. The van der Waals surface area contributed by atoms with Crippen molar-refractivity contribution in [1.29, 1.82) is 0 Å². The molecule has 3 aliphatic rings. The minimum Gasteiger partial charge on any atom is -0.493 e. The Morgan fingerprint density at radius 2 is 1.44 bits per heavy atom. The predicted octanol–water partition coefficient (Wildman–Crippen LogP) is 5.40. The Labute approximate surface area is 192 Å². The molecule has 1 aromatic rings. The van der Waals surface area contributed by atoms with Crippen LogP contribution in [-0.2, 0) is 9.59 Å². The highest BCUT2D eigenvalue weighted by Gasteiger charge is 2.44. The lowest BCUT2D eigenvalue weighted by Gasteiger charge is -2.31. The number of carbonyl (C=O) groups excluding carboxylic acids is 2. The number of hydrogen-bond donors (Lipinski definition) is 0. The van der Waals surface area contributed by atoms with Crippen LogP contribution < -0.4 is 4.74 Å². The van der Waals surface area contributed by atoms with Crippen LogP contribution in [0.4, 0.5) is 0 Å². The van der Waals surface area contributed by atoms with Crippen LogP contribution in [0.1, 0.15) is 83.6 Å². The van der Waals surface area contributed by atoms with Crippen LogP contribution in [0.5, 0.6) is 5.75 Å². The van der Waals surface area contributed by atoms with Crippen molar-refractivity contribution in [2.75, 3.05) is 19.7 Å². The fourth-order valence-electron chi connectivity index (χ4n) is 5.21. The zero-order chi connectivity index (χ0) is 22.5. The van der Waals surface area contributed by atoms with Crippen LogP contribution in [0.2, 0.25) is 0 Å². The first-order chi connectivity index (χ1) is 15.6. The van der Waals surface area contributed by atoms with Gasteiger partial charge >= 0.3 is 0 Å². The van der Waals surface area contributed by atoms with Crippen molar-refractivity contribution in [3.05, 3.63) is 35.5 Å². The monoisotopic (exact) mass is 438 g/mol. The number of carbonyl (C=O) groups is 2. The average Bonchev–Trinajstić information content (AvgIpc) is 3.03. The summed E-state index contributed by atoms with van der Waals surface area (Å²) in [6, 6.07) is 7.77. The van der Waals surface area contributed by atoms with E-state index < -0.39 is 0 Å². The van der Waals surface area contributed by atoms with Crippen molar-refractivity contribution in [2.45, 2.75) is 84.1 Å². The number of ether oxygens (including phenoxy) is 1. The van der Waals surface area contributed by atoms with Gasteiger partial charge in [0.25, 0.3) is 11.8 Å². The van der Waals surface area contributed by atoms with Gasteiger partial charge in [-0.2, -0.15) is 0 Å². The number of amides is 2. The average molecular weight is 439 g/mol. The summed E-state index contributed by atoms with van der Waals surface area (Å²) in [7, 11) is 0. The topological polar surface area (TPSA) is 49.9 Å². The van der Waals surface area contributed by atoms with E-state index in [1.165, 1.54) is 25.7 Å². The summed E-state index contributed by atoms with van der Waals surface area (Å²) in [5, 5.41) is 0. The van der Waals surface area contributed by atoms with Gasteiger partial charge < -0.3 is 9.64 Å². The molecular formula is C27H38N2O3. The van der Waals surface area contributed by atoms with Crippen LogP contribution >= 0.6 is 0 Å². The van der Waals surface area contributed by atoms with Crippen molar-refractivity contribution in [1.82, 2.24) is 9.80 Å². The zero-order valence-corrected chi connectivity index (χ0v) is 19.8. The number of piperidine rings is 1. The minimum absolute atomic E-state index is 0.0289. The molecule has 174 valence electrons. The molecule has 2 fully saturated rings. The summed E-state index contributed by atoms with van der Waals surface area (Å²) in [5.41, 5.74) is 2.05. The highest BCUT2D eigenvalue weighted by molar-refractivity contribution is 6.35.